The van der Waals surface area contributed by atoms with Gasteiger partial charge in [0, 0.05) is 29.7 Å². The smallest absolute Gasteiger partial charge is 0.176 e. The van der Waals surface area contributed by atoms with Crippen LogP contribution >= 0.6 is 11.8 Å². The second kappa shape index (κ2) is 5.69. The molecule has 2 rings (SSSR count). The molecule has 0 spiro atoms. The van der Waals surface area contributed by atoms with E-state index in [1.54, 1.807) is 0 Å². The van der Waals surface area contributed by atoms with Gasteiger partial charge in [-0.3, -0.25) is 9.69 Å². The van der Waals surface area contributed by atoms with E-state index >= 15 is 0 Å². The minimum Gasteiger partial charge on any atom is -0.293 e. The molecule has 1 aromatic rings. The molecular formula is C14H19NOS. The molecule has 3 heteroatoms. The molecule has 2 nitrogen and oxygen atoms in total. The van der Waals surface area contributed by atoms with Gasteiger partial charge in [-0.2, -0.15) is 11.8 Å². The lowest BCUT2D eigenvalue weighted by Gasteiger charge is -2.32. The monoisotopic (exact) mass is 249 g/mol. The third kappa shape index (κ3) is 3.33. The van der Waals surface area contributed by atoms with E-state index < -0.39 is 0 Å². The van der Waals surface area contributed by atoms with Gasteiger partial charge < -0.3 is 0 Å². The molecule has 1 fully saturated rings. The predicted octanol–water partition coefficient (Wildman–Crippen LogP) is 2.62. The number of rotatable bonds is 3. The Morgan fingerprint density at radius 2 is 2.12 bits per heavy atom. The summed E-state index contributed by atoms with van der Waals surface area (Å²) in [5, 5.41) is 0. The van der Waals surface area contributed by atoms with Crippen LogP contribution in [0.4, 0.5) is 0 Å². The summed E-state index contributed by atoms with van der Waals surface area (Å²) < 4.78 is 0. The van der Waals surface area contributed by atoms with Gasteiger partial charge in [0.1, 0.15) is 0 Å². The van der Waals surface area contributed by atoms with Crippen molar-refractivity contribution in [3.8, 4) is 0 Å². The maximum atomic E-state index is 12.1. The van der Waals surface area contributed by atoms with Gasteiger partial charge in [-0.1, -0.05) is 29.8 Å². The first-order valence-electron chi connectivity index (χ1n) is 6.08. The predicted molar refractivity (Wildman–Crippen MR) is 73.9 cm³/mol. The molecule has 1 aliphatic rings. The summed E-state index contributed by atoms with van der Waals surface area (Å²) in [7, 11) is 0. The van der Waals surface area contributed by atoms with E-state index in [0.717, 1.165) is 23.6 Å². The summed E-state index contributed by atoms with van der Waals surface area (Å²) in [5.41, 5.74) is 2.03. The summed E-state index contributed by atoms with van der Waals surface area (Å²) in [6.45, 7) is 5.83. The number of carbonyl (C=O) groups is 1. The minimum absolute atomic E-state index is 0.240. The zero-order valence-electron chi connectivity index (χ0n) is 10.5. The maximum absolute atomic E-state index is 12.1. The maximum Gasteiger partial charge on any atom is 0.176 e. The standard InChI is InChI=1S/C14H19NOS/c1-11-3-5-13(6-4-11)14(16)9-15-7-8-17-10-12(15)2/h3-6,12H,7-10H2,1-2H3. The number of thioether (sulfide) groups is 1. The van der Waals surface area contributed by atoms with Gasteiger partial charge >= 0.3 is 0 Å². The number of hydrogen-bond acceptors (Lipinski definition) is 3. The normalized spacial score (nSPS) is 21.4. The first-order valence-corrected chi connectivity index (χ1v) is 7.24. The van der Waals surface area contributed by atoms with Gasteiger partial charge in [0.2, 0.25) is 0 Å². The van der Waals surface area contributed by atoms with Gasteiger partial charge in [-0.05, 0) is 13.8 Å². The van der Waals surface area contributed by atoms with Crippen LogP contribution in [0.15, 0.2) is 24.3 Å². The first kappa shape index (κ1) is 12.7. The number of nitrogens with zero attached hydrogens (tertiary/aromatic N) is 1. The highest BCUT2D eigenvalue weighted by molar-refractivity contribution is 7.99. The van der Waals surface area contributed by atoms with Crippen molar-refractivity contribution < 1.29 is 4.79 Å². The van der Waals surface area contributed by atoms with Crippen LogP contribution in [0.1, 0.15) is 22.8 Å². The van der Waals surface area contributed by atoms with Crippen LogP contribution in [0.5, 0.6) is 0 Å². The van der Waals surface area contributed by atoms with Crippen molar-refractivity contribution in [2.45, 2.75) is 19.9 Å². The lowest BCUT2D eigenvalue weighted by Crippen LogP contribution is -2.43. The minimum atomic E-state index is 0.240. The molecule has 0 N–H and O–H groups in total. The Hall–Kier alpha value is -0.800. The zero-order chi connectivity index (χ0) is 12.3. The SMILES string of the molecule is Cc1ccc(C(=O)CN2CCSCC2C)cc1. The number of aryl methyl sites for hydroxylation is 1. The molecular weight excluding hydrogens is 230 g/mol. The highest BCUT2D eigenvalue weighted by Gasteiger charge is 2.21. The molecule has 1 aliphatic heterocycles. The van der Waals surface area contributed by atoms with E-state index in [0.29, 0.717) is 12.6 Å². The fraction of sp³-hybridized carbons (Fsp3) is 0.500. The van der Waals surface area contributed by atoms with Crippen LogP contribution < -0.4 is 0 Å². The molecule has 1 saturated heterocycles. The van der Waals surface area contributed by atoms with Crippen molar-refractivity contribution in [2.75, 3.05) is 24.6 Å². The van der Waals surface area contributed by atoms with E-state index in [4.69, 9.17) is 0 Å². The fourth-order valence-electron chi connectivity index (χ4n) is 2.01. The van der Waals surface area contributed by atoms with E-state index in [1.165, 1.54) is 5.56 Å². The molecule has 92 valence electrons. The van der Waals surface area contributed by atoms with Crippen LogP contribution in [-0.2, 0) is 0 Å². The van der Waals surface area contributed by atoms with Gasteiger partial charge in [-0.15, -0.1) is 0 Å². The lowest BCUT2D eigenvalue weighted by atomic mass is 10.1. The van der Waals surface area contributed by atoms with E-state index in [9.17, 15) is 4.79 Å². The summed E-state index contributed by atoms with van der Waals surface area (Å²) in [5.74, 6) is 2.52. The van der Waals surface area contributed by atoms with Crippen molar-refractivity contribution in [1.29, 1.82) is 0 Å². The summed E-state index contributed by atoms with van der Waals surface area (Å²) >= 11 is 1.98. The molecule has 0 bridgehead atoms. The summed E-state index contributed by atoms with van der Waals surface area (Å²) in [4.78, 5) is 14.4. The molecule has 0 saturated carbocycles. The van der Waals surface area contributed by atoms with Crippen LogP contribution in [0.3, 0.4) is 0 Å². The van der Waals surface area contributed by atoms with E-state index in [1.807, 2.05) is 43.0 Å². The Kier molecular flexibility index (Phi) is 4.24. The summed E-state index contributed by atoms with van der Waals surface area (Å²) in [6, 6.07) is 8.39. The molecule has 1 aromatic carbocycles. The second-order valence-electron chi connectivity index (χ2n) is 4.68. The van der Waals surface area contributed by atoms with E-state index in [2.05, 4.69) is 11.8 Å². The molecule has 17 heavy (non-hydrogen) atoms. The van der Waals surface area contributed by atoms with E-state index in [-0.39, 0.29) is 5.78 Å². The van der Waals surface area contributed by atoms with Crippen molar-refractivity contribution in [1.82, 2.24) is 4.90 Å². The Labute approximate surface area is 107 Å². The number of ketones is 1. The Bertz CT molecular complexity index is 388. The number of carbonyl (C=O) groups excluding carboxylic acids is 1. The van der Waals surface area contributed by atoms with Crippen LogP contribution in [-0.4, -0.2) is 41.3 Å². The Morgan fingerprint density at radius 1 is 1.41 bits per heavy atom. The molecule has 0 radical (unpaired) electrons. The molecule has 0 aliphatic carbocycles. The molecule has 0 aromatic heterocycles. The fourth-order valence-corrected chi connectivity index (χ4v) is 3.09. The number of Topliss-reactive ketones (excluding diaryl/α,β-unsaturated/α-hetero) is 1. The van der Waals surface area contributed by atoms with Crippen molar-refractivity contribution in [2.24, 2.45) is 0 Å². The van der Waals surface area contributed by atoms with Gasteiger partial charge in [-0.25, -0.2) is 0 Å². The third-order valence-electron chi connectivity index (χ3n) is 3.23. The van der Waals surface area contributed by atoms with Gasteiger partial charge in [0.25, 0.3) is 0 Å². The molecule has 0 amide bonds. The topological polar surface area (TPSA) is 20.3 Å². The summed E-state index contributed by atoms with van der Waals surface area (Å²) in [6.07, 6.45) is 0. The van der Waals surface area contributed by atoms with Crippen LogP contribution in [0.2, 0.25) is 0 Å². The largest absolute Gasteiger partial charge is 0.293 e. The number of benzene rings is 1. The molecule has 1 unspecified atom stereocenters. The van der Waals surface area contributed by atoms with Crippen LogP contribution in [0.25, 0.3) is 0 Å². The van der Waals surface area contributed by atoms with Crippen molar-refractivity contribution in [3.05, 3.63) is 35.4 Å². The lowest BCUT2D eigenvalue weighted by molar-refractivity contribution is 0.0911. The first-order chi connectivity index (χ1) is 8.16. The quantitative estimate of drug-likeness (QED) is 0.768. The average molecular weight is 249 g/mol. The van der Waals surface area contributed by atoms with Crippen molar-refractivity contribution in [3.63, 3.8) is 0 Å². The second-order valence-corrected chi connectivity index (χ2v) is 5.83. The Balaban J connectivity index is 1.98. The number of hydrogen-bond donors (Lipinski definition) is 0. The molecule has 1 heterocycles. The van der Waals surface area contributed by atoms with Gasteiger partial charge in [0.15, 0.2) is 5.78 Å². The molecule has 1 atom stereocenters. The average Bonchev–Trinajstić information content (AvgIpc) is 2.33. The Morgan fingerprint density at radius 3 is 2.76 bits per heavy atom. The van der Waals surface area contributed by atoms with Gasteiger partial charge in [0.05, 0.1) is 6.54 Å². The van der Waals surface area contributed by atoms with Crippen molar-refractivity contribution >= 4 is 17.5 Å². The third-order valence-corrected chi connectivity index (χ3v) is 4.41. The highest BCUT2D eigenvalue weighted by Crippen LogP contribution is 2.16. The zero-order valence-corrected chi connectivity index (χ0v) is 11.3. The van der Waals surface area contributed by atoms with Crippen LogP contribution in [0, 0.1) is 6.92 Å². The highest BCUT2D eigenvalue weighted by atomic mass is 32.2.